The molecule has 1 unspecified atom stereocenters. The van der Waals surface area contributed by atoms with Gasteiger partial charge in [0.25, 0.3) is 0 Å². The maximum Gasteiger partial charge on any atom is 0.0362 e. The quantitative estimate of drug-likeness (QED) is 0.696. The molecule has 16 heavy (non-hydrogen) atoms. The highest BCUT2D eigenvalue weighted by Crippen LogP contribution is 2.05. The number of nitrogens with one attached hydrogen (secondary N) is 1. The Kier molecular flexibility index (Phi) is 5.74. The number of aryl methyl sites for hydroxylation is 1. The van der Waals surface area contributed by atoms with Gasteiger partial charge in [-0.2, -0.15) is 0 Å². The van der Waals surface area contributed by atoms with Gasteiger partial charge in [-0.05, 0) is 25.0 Å². The smallest absolute Gasteiger partial charge is 0.0362 e. The maximum atomic E-state index is 5.34. The largest absolute Gasteiger partial charge is 0.350 e. The summed E-state index contributed by atoms with van der Waals surface area (Å²) in [5.74, 6) is 2.72. The van der Waals surface area contributed by atoms with Crippen LogP contribution in [0.5, 0.6) is 0 Å². The van der Waals surface area contributed by atoms with Crippen LogP contribution in [0.15, 0.2) is 18.3 Å². The fraction of sp³-hybridized carbons (Fsp3) is 0.571. The highest BCUT2D eigenvalue weighted by Gasteiger charge is 2.05. The first-order valence-electron chi connectivity index (χ1n) is 6.12. The van der Waals surface area contributed by atoms with Crippen LogP contribution in [-0.4, -0.2) is 10.6 Å². The second-order valence-corrected chi connectivity index (χ2v) is 4.09. The average Bonchev–Trinajstić information content (AvgIpc) is 2.72. The minimum Gasteiger partial charge on any atom is -0.350 e. The average molecular weight is 218 g/mol. The molecule has 1 aromatic heterocycles. The molecular weight excluding hydrogens is 196 g/mol. The lowest BCUT2D eigenvalue weighted by molar-refractivity contribution is 0.490. The molecule has 0 spiro atoms. The molecule has 1 atom stereocenters. The molecule has 0 radical (unpaired) electrons. The van der Waals surface area contributed by atoms with Crippen LogP contribution >= 0.6 is 0 Å². The van der Waals surface area contributed by atoms with Crippen LogP contribution in [0.2, 0.25) is 0 Å². The van der Waals surface area contributed by atoms with Gasteiger partial charge in [-0.3, -0.25) is 0 Å². The molecule has 0 saturated heterocycles. The molecule has 1 heterocycles. The summed E-state index contributed by atoms with van der Waals surface area (Å²) >= 11 is 0. The molecule has 0 amide bonds. The summed E-state index contributed by atoms with van der Waals surface area (Å²) < 4.78 is 2.30. The van der Waals surface area contributed by atoms with Crippen molar-refractivity contribution in [3.8, 4) is 12.3 Å². The zero-order chi connectivity index (χ0) is 11.8. The fourth-order valence-electron chi connectivity index (χ4n) is 1.82. The van der Waals surface area contributed by atoms with Crippen molar-refractivity contribution in [2.45, 2.75) is 52.2 Å². The van der Waals surface area contributed by atoms with Gasteiger partial charge in [0.05, 0.1) is 0 Å². The molecular formula is C14H22N2. The maximum absolute atomic E-state index is 5.34. The van der Waals surface area contributed by atoms with Crippen molar-refractivity contribution in [3.63, 3.8) is 0 Å². The van der Waals surface area contributed by atoms with Crippen molar-refractivity contribution >= 4 is 0 Å². The van der Waals surface area contributed by atoms with Gasteiger partial charge >= 0.3 is 0 Å². The highest BCUT2D eigenvalue weighted by atomic mass is 15.0. The first-order chi connectivity index (χ1) is 7.81. The SMILES string of the molecule is C#CCC(CC)NCc1cccn1CCC. The minimum absolute atomic E-state index is 0.440. The van der Waals surface area contributed by atoms with Crippen LogP contribution in [0, 0.1) is 12.3 Å². The number of hydrogen-bond acceptors (Lipinski definition) is 1. The summed E-state index contributed by atoms with van der Waals surface area (Å²) in [6.07, 6.45) is 10.5. The summed E-state index contributed by atoms with van der Waals surface area (Å²) in [7, 11) is 0. The topological polar surface area (TPSA) is 17.0 Å². The Bertz CT molecular complexity index is 333. The van der Waals surface area contributed by atoms with Crippen molar-refractivity contribution < 1.29 is 0 Å². The lowest BCUT2D eigenvalue weighted by atomic mass is 10.1. The number of nitrogens with zero attached hydrogens (tertiary/aromatic N) is 1. The van der Waals surface area contributed by atoms with Crippen molar-refractivity contribution in [2.75, 3.05) is 0 Å². The monoisotopic (exact) mass is 218 g/mol. The number of rotatable bonds is 7. The second kappa shape index (κ2) is 7.14. The van der Waals surface area contributed by atoms with Crippen molar-refractivity contribution in [3.05, 3.63) is 24.0 Å². The molecule has 1 aromatic rings. The molecule has 88 valence electrons. The van der Waals surface area contributed by atoms with Gasteiger partial charge in [-0.1, -0.05) is 13.8 Å². The molecule has 0 aliphatic rings. The molecule has 0 saturated carbocycles. The summed E-state index contributed by atoms with van der Waals surface area (Å²) in [6.45, 7) is 6.37. The summed E-state index contributed by atoms with van der Waals surface area (Å²) in [5, 5.41) is 3.51. The Hall–Kier alpha value is -1.20. The van der Waals surface area contributed by atoms with Crippen LogP contribution in [0.1, 0.15) is 38.8 Å². The molecule has 2 nitrogen and oxygen atoms in total. The van der Waals surface area contributed by atoms with E-state index < -0.39 is 0 Å². The normalized spacial score (nSPS) is 12.3. The molecule has 0 aromatic carbocycles. The first-order valence-corrected chi connectivity index (χ1v) is 6.12. The van der Waals surface area contributed by atoms with Crippen molar-refractivity contribution in [2.24, 2.45) is 0 Å². The lowest BCUT2D eigenvalue weighted by Crippen LogP contribution is -2.28. The summed E-state index contributed by atoms with van der Waals surface area (Å²) in [4.78, 5) is 0. The molecule has 1 N–H and O–H groups in total. The molecule has 0 bridgehead atoms. The van der Waals surface area contributed by atoms with Crippen LogP contribution in [0.3, 0.4) is 0 Å². The number of aromatic nitrogens is 1. The van der Waals surface area contributed by atoms with Gasteiger partial charge in [-0.15, -0.1) is 12.3 Å². The fourth-order valence-corrected chi connectivity index (χ4v) is 1.82. The number of hydrogen-bond donors (Lipinski definition) is 1. The van der Waals surface area contributed by atoms with E-state index in [1.807, 2.05) is 0 Å². The Morgan fingerprint density at radius 3 is 2.94 bits per heavy atom. The standard InChI is InChI=1S/C14H22N2/c1-4-8-13(6-3)15-12-14-9-7-11-16(14)10-5-2/h1,7,9,11,13,15H,5-6,8,10,12H2,2-3H3. The van der Waals surface area contributed by atoms with Crippen molar-refractivity contribution in [1.29, 1.82) is 0 Å². The zero-order valence-corrected chi connectivity index (χ0v) is 10.4. The molecule has 0 aliphatic heterocycles. The highest BCUT2D eigenvalue weighted by molar-refractivity contribution is 5.07. The van der Waals surface area contributed by atoms with Gasteiger partial charge in [0.2, 0.25) is 0 Å². The Labute approximate surface area is 99.0 Å². The molecule has 0 fully saturated rings. The van der Waals surface area contributed by atoms with Crippen molar-refractivity contribution in [1.82, 2.24) is 9.88 Å². The van der Waals surface area contributed by atoms with Gasteiger partial charge in [-0.25, -0.2) is 0 Å². The predicted molar refractivity (Wildman–Crippen MR) is 69.1 cm³/mol. The summed E-state index contributed by atoms with van der Waals surface area (Å²) in [5.41, 5.74) is 1.34. The Morgan fingerprint density at radius 2 is 2.31 bits per heavy atom. The minimum atomic E-state index is 0.440. The van der Waals surface area contributed by atoms with Crippen LogP contribution in [-0.2, 0) is 13.1 Å². The van der Waals surface area contributed by atoms with Gasteiger partial charge in [0.1, 0.15) is 0 Å². The Morgan fingerprint density at radius 1 is 1.50 bits per heavy atom. The predicted octanol–water partition coefficient (Wildman–Crippen LogP) is 2.79. The van der Waals surface area contributed by atoms with E-state index >= 15 is 0 Å². The van der Waals surface area contributed by atoms with Gasteiger partial charge in [0, 0.05) is 37.4 Å². The third kappa shape index (κ3) is 3.75. The van der Waals surface area contributed by atoms with E-state index in [-0.39, 0.29) is 0 Å². The molecule has 0 aliphatic carbocycles. The van der Waals surface area contributed by atoms with E-state index in [4.69, 9.17) is 6.42 Å². The van der Waals surface area contributed by atoms with Crippen LogP contribution in [0.4, 0.5) is 0 Å². The van der Waals surface area contributed by atoms with Crippen LogP contribution < -0.4 is 5.32 Å². The van der Waals surface area contributed by atoms with E-state index in [2.05, 4.69) is 48.0 Å². The zero-order valence-electron chi connectivity index (χ0n) is 10.4. The van der Waals surface area contributed by atoms with E-state index in [9.17, 15) is 0 Å². The third-order valence-electron chi connectivity index (χ3n) is 2.82. The van der Waals surface area contributed by atoms with E-state index in [0.717, 1.165) is 25.9 Å². The second-order valence-electron chi connectivity index (χ2n) is 4.09. The Balaban J connectivity index is 2.46. The third-order valence-corrected chi connectivity index (χ3v) is 2.82. The van der Waals surface area contributed by atoms with Gasteiger partial charge < -0.3 is 9.88 Å². The lowest BCUT2D eigenvalue weighted by Gasteiger charge is -2.15. The summed E-state index contributed by atoms with van der Waals surface area (Å²) in [6, 6.07) is 4.72. The van der Waals surface area contributed by atoms with Gasteiger partial charge in [0.15, 0.2) is 0 Å². The van der Waals surface area contributed by atoms with E-state index in [1.54, 1.807) is 0 Å². The number of terminal acetylenes is 1. The molecule has 1 rings (SSSR count). The van der Waals surface area contributed by atoms with E-state index in [0.29, 0.717) is 6.04 Å². The first kappa shape index (κ1) is 12.9. The molecule has 2 heteroatoms. The van der Waals surface area contributed by atoms with E-state index in [1.165, 1.54) is 12.1 Å². The van der Waals surface area contributed by atoms with Crippen LogP contribution in [0.25, 0.3) is 0 Å².